The molecule has 3 aromatic carbocycles. The maximum Gasteiger partial charge on any atom is 0.261 e. The molecule has 2 amide bonds. The molecule has 0 spiro atoms. The highest BCUT2D eigenvalue weighted by atomic mass is 35.5. The molecule has 3 rings (SSSR count). The van der Waals surface area contributed by atoms with E-state index in [4.69, 9.17) is 16.3 Å². The Balaban J connectivity index is 1.92. The number of hydrogen-bond acceptors (Lipinski definition) is 3. The molecular weight excluding hydrogens is 460 g/mol. The van der Waals surface area contributed by atoms with E-state index < -0.39 is 6.04 Å². The first kappa shape index (κ1) is 26.3. The van der Waals surface area contributed by atoms with E-state index in [2.05, 4.69) is 5.32 Å². The lowest BCUT2D eigenvalue weighted by Gasteiger charge is -2.32. The molecule has 0 heterocycles. The van der Waals surface area contributed by atoms with Crippen LogP contribution in [-0.2, 0) is 22.6 Å². The highest BCUT2D eigenvalue weighted by Gasteiger charge is 2.31. The van der Waals surface area contributed by atoms with Gasteiger partial charge in [-0.05, 0) is 68.1 Å². The van der Waals surface area contributed by atoms with Crippen LogP contribution in [0.3, 0.4) is 0 Å². The van der Waals surface area contributed by atoms with Gasteiger partial charge in [0.15, 0.2) is 6.61 Å². The van der Waals surface area contributed by atoms with Crippen LogP contribution in [0, 0.1) is 13.8 Å². The number of ether oxygens (including phenoxy) is 1. The molecule has 0 aliphatic heterocycles. The maximum atomic E-state index is 13.6. The second-order valence-electron chi connectivity index (χ2n) is 9.00. The lowest BCUT2D eigenvalue weighted by Crippen LogP contribution is -2.52. The zero-order valence-corrected chi connectivity index (χ0v) is 21.5. The van der Waals surface area contributed by atoms with Gasteiger partial charge in [0.2, 0.25) is 5.91 Å². The Morgan fingerprint density at radius 3 is 2.26 bits per heavy atom. The molecule has 35 heavy (non-hydrogen) atoms. The van der Waals surface area contributed by atoms with E-state index in [-0.39, 0.29) is 31.0 Å². The second-order valence-corrected chi connectivity index (χ2v) is 9.44. The minimum Gasteiger partial charge on any atom is -0.483 e. The average Bonchev–Trinajstić information content (AvgIpc) is 2.83. The fourth-order valence-electron chi connectivity index (χ4n) is 3.82. The highest BCUT2D eigenvalue weighted by Crippen LogP contribution is 2.22. The minimum atomic E-state index is -0.704. The van der Waals surface area contributed by atoms with Crippen LogP contribution in [0.15, 0.2) is 72.8 Å². The third kappa shape index (κ3) is 7.59. The molecule has 184 valence electrons. The summed E-state index contributed by atoms with van der Waals surface area (Å²) in [6.07, 6.45) is 0.391. The van der Waals surface area contributed by atoms with Gasteiger partial charge in [-0.3, -0.25) is 9.59 Å². The van der Waals surface area contributed by atoms with Gasteiger partial charge < -0.3 is 15.0 Å². The summed E-state index contributed by atoms with van der Waals surface area (Å²) in [5.74, 6) is 0.203. The van der Waals surface area contributed by atoms with Crippen LogP contribution in [-0.4, -0.2) is 35.4 Å². The van der Waals surface area contributed by atoms with Crippen molar-refractivity contribution in [3.63, 3.8) is 0 Å². The van der Waals surface area contributed by atoms with Crippen LogP contribution in [0.4, 0.5) is 0 Å². The van der Waals surface area contributed by atoms with Crippen LogP contribution in [0.1, 0.15) is 36.1 Å². The number of halogens is 1. The van der Waals surface area contributed by atoms with E-state index >= 15 is 0 Å². The molecular formula is C29H33ClN2O3. The number of aryl methyl sites for hydroxylation is 1. The SMILES string of the molecule is Cc1cccc(OCC(=O)N(Cc2ccc(Cl)cc2)[C@@H](Cc2ccccc2)C(=O)NC(C)C)c1C. The van der Waals surface area contributed by atoms with Crippen molar-refractivity contribution in [1.29, 1.82) is 0 Å². The molecule has 0 bridgehead atoms. The third-order valence-electron chi connectivity index (χ3n) is 5.87. The first-order valence-corrected chi connectivity index (χ1v) is 12.2. The molecule has 5 nitrogen and oxygen atoms in total. The van der Waals surface area contributed by atoms with Gasteiger partial charge in [-0.1, -0.05) is 66.2 Å². The molecule has 0 saturated heterocycles. The van der Waals surface area contributed by atoms with Crippen LogP contribution in [0.2, 0.25) is 5.02 Å². The minimum absolute atomic E-state index is 0.0561. The Kier molecular flexibility index (Phi) is 9.32. The van der Waals surface area contributed by atoms with Crippen LogP contribution in [0.5, 0.6) is 5.75 Å². The number of amides is 2. The number of hydrogen-bond donors (Lipinski definition) is 1. The van der Waals surface area contributed by atoms with Crippen molar-refractivity contribution in [2.75, 3.05) is 6.61 Å². The van der Waals surface area contributed by atoms with Crippen molar-refractivity contribution in [2.24, 2.45) is 0 Å². The molecule has 0 fully saturated rings. The number of carbonyl (C=O) groups excluding carboxylic acids is 2. The van der Waals surface area contributed by atoms with Crippen LogP contribution >= 0.6 is 11.6 Å². The van der Waals surface area contributed by atoms with Gasteiger partial charge >= 0.3 is 0 Å². The lowest BCUT2D eigenvalue weighted by molar-refractivity contribution is -0.143. The molecule has 0 aliphatic rings. The Bertz CT molecular complexity index is 1130. The van der Waals surface area contributed by atoms with Crippen LogP contribution < -0.4 is 10.1 Å². The molecule has 1 atom stereocenters. The highest BCUT2D eigenvalue weighted by molar-refractivity contribution is 6.30. The van der Waals surface area contributed by atoms with Gasteiger partial charge in [0, 0.05) is 24.0 Å². The van der Waals surface area contributed by atoms with E-state index in [0.717, 1.165) is 22.3 Å². The molecule has 0 aliphatic carbocycles. The third-order valence-corrected chi connectivity index (χ3v) is 6.13. The van der Waals surface area contributed by atoms with E-state index in [9.17, 15) is 9.59 Å². The van der Waals surface area contributed by atoms with Gasteiger partial charge in [-0.25, -0.2) is 0 Å². The zero-order chi connectivity index (χ0) is 25.4. The molecule has 3 aromatic rings. The summed E-state index contributed by atoms with van der Waals surface area (Å²) in [5.41, 5.74) is 3.93. The van der Waals surface area contributed by atoms with Crippen molar-refractivity contribution in [1.82, 2.24) is 10.2 Å². The molecule has 0 unspecified atom stereocenters. The van der Waals surface area contributed by atoms with Gasteiger partial charge in [0.1, 0.15) is 11.8 Å². The number of nitrogens with one attached hydrogen (secondary N) is 1. The second kappa shape index (κ2) is 12.4. The summed E-state index contributed by atoms with van der Waals surface area (Å²) < 4.78 is 5.93. The number of nitrogens with zero attached hydrogens (tertiary/aromatic N) is 1. The van der Waals surface area contributed by atoms with E-state index in [1.54, 1.807) is 17.0 Å². The summed E-state index contributed by atoms with van der Waals surface area (Å²) in [4.78, 5) is 28.6. The zero-order valence-electron chi connectivity index (χ0n) is 20.8. The quantitative estimate of drug-likeness (QED) is 0.406. The molecule has 0 radical (unpaired) electrons. The average molecular weight is 493 g/mol. The van der Waals surface area contributed by atoms with E-state index in [1.807, 2.05) is 88.4 Å². The summed E-state index contributed by atoms with van der Waals surface area (Å²) in [7, 11) is 0. The van der Waals surface area contributed by atoms with Crippen LogP contribution in [0.25, 0.3) is 0 Å². The Hall–Kier alpha value is -3.31. The van der Waals surface area contributed by atoms with E-state index in [0.29, 0.717) is 17.2 Å². The maximum absolute atomic E-state index is 13.6. The normalized spacial score (nSPS) is 11.7. The first-order chi connectivity index (χ1) is 16.7. The van der Waals surface area contributed by atoms with Crippen molar-refractivity contribution in [3.05, 3.63) is 100 Å². The smallest absolute Gasteiger partial charge is 0.261 e. The largest absolute Gasteiger partial charge is 0.483 e. The predicted octanol–water partition coefficient (Wildman–Crippen LogP) is 5.50. The Labute approximate surface area is 213 Å². The fraction of sp³-hybridized carbons (Fsp3) is 0.310. The standard InChI is InChI=1S/C29H33ClN2O3/c1-20(2)31-29(34)26(17-23-10-6-5-7-11-23)32(18-24-13-15-25(30)16-14-24)28(33)19-35-27-12-8-9-21(3)22(27)4/h5-16,20,26H,17-19H2,1-4H3,(H,31,34)/t26-/m0/s1. The van der Waals surface area contributed by atoms with Crippen molar-refractivity contribution < 1.29 is 14.3 Å². The first-order valence-electron chi connectivity index (χ1n) is 11.8. The monoisotopic (exact) mass is 492 g/mol. The molecule has 0 aromatic heterocycles. The van der Waals surface area contributed by atoms with Crippen molar-refractivity contribution >= 4 is 23.4 Å². The lowest BCUT2D eigenvalue weighted by atomic mass is 10.0. The van der Waals surface area contributed by atoms with Gasteiger partial charge in [-0.15, -0.1) is 0 Å². The number of benzene rings is 3. The topological polar surface area (TPSA) is 58.6 Å². The van der Waals surface area contributed by atoms with Gasteiger partial charge in [0.05, 0.1) is 0 Å². The number of rotatable bonds is 10. The Morgan fingerprint density at radius 1 is 0.914 bits per heavy atom. The van der Waals surface area contributed by atoms with Crippen molar-refractivity contribution in [2.45, 2.75) is 52.7 Å². The van der Waals surface area contributed by atoms with Gasteiger partial charge in [0.25, 0.3) is 5.91 Å². The summed E-state index contributed by atoms with van der Waals surface area (Å²) in [6.45, 7) is 7.88. The summed E-state index contributed by atoms with van der Waals surface area (Å²) in [5, 5.41) is 3.60. The van der Waals surface area contributed by atoms with Crippen molar-refractivity contribution in [3.8, 4) is 5.75 Å². The number of carbonyl (C=O) groups is 2. The fourth-order valence-corrected chi connectivity index (χ4v) is 3.95. The van der Waals surface area contributed by atoms with E-state index in [1.165, 1.54) is 0 Å². The molecule has 6 heteroatoms. The summed E-state index contributed by atoms with van der Waals surface area (Å²) in [6, 6.07) is 22.0. The molecule has 0 saturated carbocycles. The molecule has 1 N–H and O–H groups in total. The summed E-state index contributed by atoms with van der Waals surface area (Å²) >= 11 is 6.07. The predicted molar refractivity (Wildman–Crippen MR) is 141 cm³/mol. The Morgan fingerprint density at radius 2 is 1.60 bits per heavy atom. The van der Waals surface area contributed by atoms with Gasteiger partial charge in [-0.2, -0.15) is 0 Å².